The van der Waals surface area contributed by atoms with E-state index in [0.717, 1.165) is 16.8 Å². The summed E-state index contributed by atoms with van der Waals surface area (Å²) in [6.07, 6.45) is 0. The molecular formula is C21H18N4O5. The molecule has 4 rings (SSSR count). The van der Waals surface area contributed by atoms with Crippen molar-refractivity contribution in [3.8, 4) is 0 Å². The number of carbonyl (C=O) groups is 1. The molecule has 30 heavy (non-hydrogen) atoms. The quantitative estimate of drug-likeness (QED) is 0.483. The Morgan fingerprint density at radius 1 is 0.800 bits per heavy atom. The van der Waals surface area contributed by atoms with Crippen LogP contribution in [0.5, 0.6) is 0 Å². The number of amides is 1. The summed E-state index contributed by atoms with van der Waals surface area (Å²) in [6, 6.07) is 17.0. The molecular weight excluding hydrogens is 388 g/mol. The average Bonchev–Trinajstić information content (AvgIpc) is 2.78. The largest absolute Gasteiger partial charge is 0.362 e. The molecule has 3 aromatic carbocycles. The third kappa shape index (κ3) is 3.64. The SMILES string of the molecule is O=C(c1ccc2ccccc2c1)N1CCN(c2ccc([N+](=O)[O-])cc2[N+](=O)[O-])CC1. The highest BCUT2D eigenvalue weighted by Crippen LogP contribution is 2.32. The second-order valence-electron chi connectivity index (χ2n) is 7.03. The van der Waals surface area contributed by atoms with E-state index >= 15 is 0 Å². The van der Waals surface area contributed by atoms with Crippen LogP contribution in [-0.4, -0.2) is 46.8 Å². The first-order valence-electron chi connectivity index (χ1n) is 9.40. The maximum Gasteiger partial charge on any atom is 0.299 e. The molecule has 1 aliphatic heterocycles. The number of carbonyl (C=O) groups excluding carboxylic acids is 1. The van der Waals surface area contributed by atoms with E-state index in [9.17, 15) is 25.0 Å². The number of hydrogen-bond donors (Lipinski definition) is 0. The molecule has 1 heterocycles. The number of piperazine rings is 1. The number of nitro groups is 2. The molecule has 3 aromatic rings. The highest BCUT2D eigenvalue weighted by atomic mass is 16.6. The van der Waals surface area contributed by atoms with Crippen molar-refractivity contribution in [3.05, 3.63) is 86.5 Å². The number of benzene rings is 3. The van der Waals surface area contributed by atoms with Crippen molar-refractivity contribution < 1.29 is 14.6 Å². The van der Waals surface area contributed by atoms with Crippen molar-refractivity contribution in [2.24, 2.45) is 0 Å². The van der Waals surface area contributed by atoms with Gasteiger partial charge in [-0.3, -0.25) is 25.0 Å². The van der Waals surface area contributed by atoms with Crippen LogP contribution in [0.15, 0.2) is 60.7 Å². The summed E-state index contributed by atoms with van der Waals surface area (Å²) in [5.41, 5.74) is 0.293. The molecule has 9 nitrogen and oxygen atoms in total. The van der Waals surface area contributed by atoms with E-state index in [0.29, 0.717) is 37.4 Å². The lowest BCUT2D eigenvalue weighted by Crippen LogP contribution is -2.49. The Hall–Kier alpha value is -4.01. The van der Waals surface area contributed by atoms with Gasteiger partial charge in [0.25, 0.3) is 17.3 Å². The Morgan fingerprint density at radius 3 is 2.17 bits per heavy atom. The zero-order valence-electron chi connectivity index (χ0n) is 15.9. The minimum absolute atomic E-state index is 0.0846. The molecule has 0 N–H and O–H groups in total. The molecule has 0 unspecified atom stereocenters. The van der Waals surface area contributed by atoms with Gasteiger partial charge >= 0.3 is 0 Å². The van der Waals surface area contributed by atoms with Crippen LogP contribution in [0.1, 0.15) is 10.4 Å². The molecule has 1 aliphatic rings. The lowest BCUT2D eigenvalue weighted by atomic mass is 10.1. The minimum atomic E-state index is -0.656. The van der Waals surface area contributed by atoms with Crippen LogP contribution in [0.3, 0.4) is 0 Å². The first-order chi connectivity index (χ1) is 14.4. The maximum absolute atomic E-state index is 12.9. The molecule has 1 fully saturated rings. The summed E-state index contributed by atoms with van der Waals surface area (Å²) < 4.78 is 0. The zero-order chi connectivity index (χ0) is 21.3. The first-order valence-corrected chi connectivity index (χ1v) is 9.40. The molecule has 1 saturated heterocycles. The second-order valence-corrected chi connectivity index (χ2v) is 7.03. The number of nitrogens with zero attached hydrogens (tertiary/aromatic N) is 4. The van der Waals surface area contributed by atoms with Gasteiger partial charge in [-0.25, -0.2) is 0 Å². The van der Waals surface area contributed by atoms with Gasteiger partial charge in [-0.2, -0.15) is 0 Å². The lowest BCUT2D eigenvalue weighted by Gasteiger charge is -2.35. The van der Waals surface area contributed by atoms with E-state index in [1.165, 1.54) is 12.1 Å². The monoisotopic (exact) mass is 406 g/mol. The smallest absolute Gasteiger partial charge is 0.299 e. The summed E-state index contributed by atoms with van der Waals surface area (Å²) in [7, 11) is 0. The van der Waals surface area contributed by atoms with E-state index in [-0.39, 0.29) is 17.3 Å². The van der Waals surface area contributed by atoms with Crippen LogP contribution in [0.2, 0.25) is 0 Å². The Balaban J connectivity index is 1.50. The summed E-state index contributed by atoms with van der Waals surface area (Å²) in [5, 5.41) is 24.4. The molecule has 0 aromatic heterocycles. The van der Waals surface area contributed by atoms with Gasteiger partial charge in [0.1, 0.15) is 5.69 Å². The Bertz CT molecular complexity index is 1160. The molecule has 9 heteroatoms. The fraction of sp³-hybridized carbons (Fsp3) is 0.190. The second kappa shape index (κ2) is 7.78. The van der Waals surface area contributed by atoms with Crippen LogP contribution in [0.4, 0.5) is 17.1 Å². The number of rotatable bonds is 4. The van der Waals surface area contributed by atoms with Crippen LogP contribution in [0, 0.1) is 20.2 Å². The summed E-state index contributed by atoms with van der Waals surface area (Å²) in [4.78, 5) is 37.5. The van der Waals surface area contributed by atoms with Gasteiger partial charge in [0, 0.05) is 37.8 Å². The highest BCUT2D eigenvalue weighted by Gasteiger charge is 2.28. The maximum atomic E-state index is 12.9. The normalized spacial score (nSPS) is 14.0. The van der Waals surface area contributed by atoms with E-state index in [1.54, 1.807) is 15.9 Å². The van der Waals surface area contributed by atoms with Gasteiger partial charge in [-0.1, -0.05) is 30.3 Å². The van der Waals surface area contributed by atoms with Crippen molar-refractivity contribution in [3.63, 3.8) is 0 Å². The minimum Gasteiger partial charge on any atom is -0.362 e. The fourth-order valence-electron chi connectivity index (χ4n) is 3.69. The van der Waals surface area contributed by atoms with Crippen LogP contribution in [-0.2, 0) is 0 Å². The standard InChI is InChI=1S/C21H18N4O5/c26-21(17-6-5-15-3-1-2-4-16(15)13-17)23-11-9-22(10-12-23)19-8-7-18(24(27)28)14-20(19)25(29)30/h1-8,13-14H,9-12H2. The summed E-state index contributed by atoms with van der Waals surface area (Å²) in [6.45, 7) is 1.61. The van der Waals surface area contributed by atoms with E-state index < -0.39 is 9.85 Å². The van der Waals surface area contributed by atoms with Crippen molar-refractivity contribution in [1.29, 1.82) is 0 Å². The van der Waals surface area contributed by atoms with Crippen molar-refractivity contribution in [2.75, 3.05) is 31.1 Å². The molecule has 0 bridgehead atoms. The first kappa shape index (κ1) is 19.3. The summed E-state index contributed by atoms with van der Waals surface area (Å²) >= 11 is 0. The Morgan fingerprint density at radius 2 is 1.50 bits per heavy atom. The van der Waals surface area contributed by atoms with Gasteiger partial charge < -0.3 is 9.80 Å². The predicted octanol–water partition coefficient (Wildman–Crippen LogP) is 3.62. The summed E-state index contributed by atoms with van der Waals surface area (Å²) in [5.74, 6) is -0.0846. The molecule has 0 spiro atoms. The third-order valence-corrected chi connectivity index (χ3v) is 5.27. The number of nitro benzene ring substituents is 2. The Kier molecular flexibility index (Phi) is 5.01. The van der Waals surface area contributed by atoms with E-state index in [4.69, 9.17) is 0 Å². The number of fused-ring (bicyclic) bond motifs is 1. The molecule has 0 saturated carbocycles. The van der Waals surface area contributed by atoms with Gasteiger partial charge in [0.15, 0.2) is 0 Å². The van der Waals surface area contributed by atoms with Crippen LogP contribution >= 0.6 is 0 Å². The Labute approximate surface area is 171 Å². The molecule has 0 aliphatic carbocycles. The third-order valence-electron chi connectivity index (χ3n) is 5.27. The van der Waals surface area contributed by atoms with Crippen molar-refractivity contribution >= 4 is 33.7 Å². The number of hydrogen-bond acceptors (Lipinski definition) is 6. The van der Waals surface area contributed by atoms with Crippen LogP contribution in [0.25, 0.3) is 10.8 Å². The highest BCUT2D eigenvalue weighted by molar-refractivity contribution is 5.98. The topological polar surface area (TPSA) is 110 Å². The number of anilines is 1. The van der Waals surface area contributed by atoms with Gasteiger partial charge in [-0.05, 0) is 29.0 Å². The zero-order valence-corrected chi connectivity index (χ0v) is 15.9. The van der Waals surface area contributed by atoms with E-state index in [1.807, 2.05) is 36.4 Å². The average molecular weight is 406 g/mol. The van der Waals surface area contributed by atoms with Gasteiger partial charge in [0.05, 0.1) is 15.9 Å². The molecule has 152 valence electrons. The van der Waals surface area contributed by atoms with E-state index in [2.05, 4.69) is 0 Å². The fourth-order valence-corrected chi connectivity index (χ4v) is 3.69. The van der Waals surface area contributed by atoms with Crippen molar-refractivity contribution in [1.82, 2.24) is 4.90 Å². The predicted molar refractivity (Wildman–Crippen MR) is 112 cm³/mol. The van der Waals surface area contributed by atoms with Gasteiger partial charge in [0.2, 0.25) is 0 Å². The van der Waals surface area contributed by atoms with Crippen LogP contribution < -0.4 is 4.90 Å². The molecule has 0 atom stereocenters. The molecule has 1 amide bonds. The molecule has 0 radical (unpaired) electrons. The number of non-ortho nitro benzene ring substituents is 1. The lowest BCUT2D eigenvalue weighted by molar-refractivity contribution is -0.393. The van der Waals surface area contributed by atoms with Gasteiger partial charge in [-0.15, -0.1) is 0 Å². The van der Waals surface area contributed by atoms with Crippen molar-refractivity contribution in [2.45, 2.75) is 0 Å².